The summed E-state index contributed by atoms with van der Waals surface area (Å²) >= 11 is 0. The van der Waals surface area contributed by atoms with E-state index in [9.17, 15) is 32.7 Å². The fourth-order valence-corrected chi connectivity index (χ4v) is 5.87. The Morgan fingerprint density at radius 2 is 1.77 bits per heavy atom. The zero-order chi connectivity index (χ0) is 34.2. The minimum atomic E-state index is -4.51. The molecule has 2 N–H and O–H groups in total. The second-order valence-electron chi connectivity index (χ2n) is 11.5. The molecule has 5 heterocycles. The van der Waals surface area contributed by atoms with Crippen LogP contribution in [0, 0.1) is 6.92 Å². The van der Waals surface area contributed by atoms with E-state index in [1.165, 1.54) is 18.2 Å². The maximum absolute atomic E-state index is 14.1. The van der Waals surface area contributed by atoms with Crippen molar-refractivity contribution in [2.24, 2.45) is 0 Å². The number of amides is 2. The monoisotopic (exact) mass is 666 g/mol. The van der Waals surface area contributed by atoms with Gasteiger partial charge >= 0.3 is 6.18 Å². The number of hydrogen-bond donors (Lipinski definition) is 2. The van der Waals surface area contributed by atoms with Crippen molar-refractivity contribution in [1.82, 2.24) is 29.0 Å². The summed E-state index contributed by atoms with van der Waals surface area (Å²) in [7, 11) is 0. The number of benzene rings is 1. The number of carbonyl (C=O) groups excluding carboxylic acids is 2. The summed E-state index contributed by atoms with van der Waals surface area (Å²) in [6.45, 7) is 5.10. The van der Waals surface area contributed by atoms with E-state index in [0.717, 1.165) is 22.2 Å². The Morgan fingerprint density at radius 3 is 2.42 bits per heavy atom. The predicted molar refractivity (Wildman–Crippen MR) is 169 cm³/mol. The summed E-state index contributed by atoms with van der Waals surface area (Å²) in [5, 5.41) is 17.4. The quantitative estimate of drug-likeness (QED) is 0.303. The highest BCUT2D eigenvalue weighted by atomic mass is 19.4. The van der Waals surface area contributed by atoms with Gasteiger partial charge in [0, 0.05) is 37.6 Å². The minimum Gasteiger partial charge on any atom is -0.505 e. The van der Waals surface area contributed by atoms with Crippen LogP contribution in [0.2, 0.25) is 0 Å². The molecular weight excluding hydrogens is 633 g/mol. The lowest BCUT2D eigenvalue weighted by atomic mass is 10.1. The fraction of sp³-hybridized carbons (Fsp3) is 0.375. The molecular formula is C32H33F3N8O5. The molecule has 0 bridgehead atoms. The van der Waals surface area contributed by atoms with Crippen molar-refractivity contribution >= 4 is 34.5 Å². The number of halogens is 3. The number of rotatable bonds is 7. The minimum absolute atomic E-state index is 0.0434. The van der Waals surface area contributed by atoms with Crippen LogP contribution >= 0.6 is 0 Å². The van der Waals surface area contributed by atoms with Crippen molar-refractivity contribution in [3.63, 3.8) is 0 Å². The normalized spacial score (nSPS) is 15.5. The van der Waals surface area contributed by atoms with Crippen LogP contribution in [0.4, 0.5) is 24.5 Å². The Balaban J connectivity index is 1.33. The lowest BCUT2D eigenvalue weighted by Gasteiger charge is -2.36. The van der Waals surface area contributed by atoms with Crippen molar-refractivity contribution in [2.45, 2.75) is 39.4 Å². The molecule has 0 aliphatic carbocycles. The number of piperazine rings is 1. The molecule has 0 saturated carbocycles. The number of aromatic hydroxyl groups is 1. The average Bonchev–Trinajstić information content (AvgIpc) is 3.53. The van der Waals surface area contributed by atoms with Crippen LogP contribution in [0.3, 0.4) is 0 Å². The number of aromatic nitrogens is 5. The third kappa shape index (κ3) is 6.47. The Bertz CT molecular complexity index is 1960. The first-order chi connectivity index (χ1) is 22.9. The van der Waals surface area contributed by atoms with Crippen molar-refractivity contribution < 1.29 is 32.6 Å². The van der Waals surface area contributed by atoms with Crippen LogP contribution in [-0.2, 0) is 28.7 Å². The van der Waals surface area contributed by atoms with Gasteiger partial charge in [-0.1, -0.05) is 13.0 Å². The third-order valence-electron chi connectivity index (χ3n) is 8.31. The number of carbonyl (C=O) groups is 2. The number of fused-ring (bicyclic) bond motifs is 1. The highest BCUT2D eigenvalue weighted by Crippen LogP contribution is 2.30. The summed E-state index contributed by atoms with van der Waals surface area (Å²) in [5.41, 5.74) is 1.04. The van der Waals surface area contributed by atoms with Gasteiger partial charge in [-0.2, -0.15) is 22.7 Å². The molecule has 2 aliphatic heterocycles. The van der Waals surface area contributed by atoms with Crippen molar-refractivity contribution in [2.75, 3.05) is 49.6 Å². The van der Waals surface area contributed by atoms with Gasteiger partial charge in [0.2, 0.25) is 11.7 Å². The highest BCUT2D eigenvalue weighted by Gasteiger charge is 2.31. The SMILES string of the molecule is CCc1c(N2CCN(C(=O)c3nc(C)ccc3O)CC2)c(=O)n2nc(C3=CCOCC3)nc2n1CC(=O)Nc1ccc(C(F)(F)F)cc1. The van der Waals surface area contributed by atoms with Gasteiger partial charge in [-0.25, -0.2) is 4.98 Å². The van der Waals surface area contributed by atoms with Gasteiger partial charge in [0.15, 0.2) is 11.5 Å². The van der Waals surface area contributed by atoms with Gasteiger partial charge in [0.05, 0.1) is 24.5 Å². The first kappa shape index (κ1) is 32.7. The molecule has 1 fully saturated rings. The van der Waals surface area contributed by atoms with E-state index in [-0.39, 0.29) is 55.6 Å². The predicted octanol–water partition coefficient (Wildman–Crippen LogP) is 3.29. The van der Waals surface area contributed by atoms with Crippen LogP contribution in [0.5, 0.6) is 5.75 Å². The molecule has 4 aromatic rings. The Morgan fingerprint density at radius 1 is 1.04 bits per heavy atom. The molecule has 2 amide bonds. The van der Waals surface area contributed by atoms with Crippen molar-refractivity contribution in [1.29, 1.82) is 0 Å². The van der Waals surface area contributed by atoms with Gasteiger partial charge in [-0.05, 0) is 61.7 Å². The molecule has 13 nitrogen and oxygen atoms in total. The van der Waals surface area contributed by atoms with Crippen LogP contribution < -0.4 is 15.8 Å². The fourth-order valence-electron chi connectivity index (χ4n) is 5.87. The summed E-state index contributed by atoms with van der Waals surface area (Å²) in [6.07, 6.45) is -1.81. The molecule has 252 valence electrons. The number of anilines is 2. The molecule has 1 saturated heterocycles. The van der Waals surface area contributed by atoms with Gasteiger partial charge in [0.1, 0.15) is 18.0 Å². The Hall–Kier alpha value is -5.25. The van der Waals surface area contributed by atoms with Crippen LogP contribution in [0.15, 0.2) is 47.3 Å². The average molecular weight is 667 g/mol. The van der Waals surface area contributed by atoms with Gasteiger partial charge in [0.25, 0.3) is 11.5 Å². The smallest absolute Gasteiger partial charge is 0.416 e. The van der Waals surface area contributed by atoms with E-state index in [0.29, 0.717) is 49.0 Å². The topological polar surface area (TPSA) is 147 Å². The van der Waals surface area contributed by atoms with E-state index in [4.69, 9.17) is 4.74 Å². The van der Waals surface area contributed by atoms with Gasteiger partial charge in [-0.15, -0.1) is 5.10 Å². The van der Waals surface area contributed by atoms with Crippen LogP contribution in [-0.4, -0.2) is 85.4 Å². The lowest BCUT2D eigenvalue weighted by molar-refractivity contribution is -0.137. The number of pyridine rings is 1. The zero-order valence-electron chi connectivity index (χ0n) is 26.3. The Kier molecular flexibility index (Phi) is 8.92. The number of ether oxygens (including phenoxy) is 1. The summed E-state index contributed by atoms with van der Waals surface area (Å²) < 4.78 is 47.3. The standard InChI is InChI=1S/C32H33F3N8O5/c1-3-23-27(40-12-14-41(15-13-40)29(46)26-24(44)9-4-19(2)36-26)30(47)43-31(38-28(39-43)20-10-16-48-17-11-20)42(23)18-25(45)37-22-7-5-21(6-8-22)32(33,34)35/h4-10,44H,3,11-18H2,1-2H3,(H,37,45). The van der Waals surface area contributed by atoms with Crippen molar-refractivity contribution in [3.05, 3.63) is 81.3 Å². The lowest BCUT2D eigenvalue weighted by Crippen LogP contribution is -2.51. The van der Waals surface area contributed by atoms with E-state index in [1.807, 2.05) is 17.9 Å². The van der Waals surface area contributed by atoms with E-state index in [2.05, 4.69) is 20.4 Å². The molecule has 0 spiro atoms. The number of hydrogen-bond acceptors (Lipinski definition) is 9. The molecule has 2 aliphatic rings. The maximum Gasteiger partial charge on any atom is 0.416 e. The van der Waals surface area contributed by atoms with E-state index < -0.39 is 29.1 Å². The third-order valence-corrected chi connectivity index (χ3v) is 8.31. The largest absolute Gasteiger partial charge is 0.505 e. The molecule has 0 radical (unpaired) electrons. The van der Waals surface area contributed by atoms with Crippen LogP contribution in [0.25, 0.3) is 11.4 Å². The summed E-state index contributed by atoms with van der Waals surface area (Å²) in [6, 6.07) is 7.15. The number of nitrogens with zero attached hydrogens (tertiary/aromatic N) is 7. The summed E-state index contributed by atoms with van der Waals surface area (Å²) in [4.78, 5) is 52.9. The molecule has 1 aromatic carbocycles. The highest BCUT2D eigenvalue weighted by molar-refractivity contribution is 5.95. The second kappa shape index (κ2) is 13.1. The number of aryl methyl sites for hydroxylation is 1. The first-order valence-corrected chi connectivity index (χ1v) is 15.4. The summed E-state index contributed by atoms with van der Waals surface area (Å²) in [5.74, 6) is -0.722. The number of nitrogens with one attached hydrogen (secondary N) is 1. The second-order valence-corrected chi connectivity index (χ2v) is 11.5. The molecule has 0 atom stereocenters. The Labute approximate surface area is 272 Å². The molecule has 0 unspecified atom stereocenters. The first-order valence-electron chi connectivity index (χ1n) is 15.4. The van der Waals surface area contributed by atoms with E-state index in [1.54, 1.807) is 22.5 Å². The van der Waals surface area contributed by atoms with Gasteiger partial charge in [-0.3, -0.25) is 14.4 Å². The zero-order valence-corrected chi connectivity index (χ0v) is 26.3. The van der Waals surface area contributed by atoms with Gasteiger partial charge < -0.3 is 29.5 Å². The van der Waals surface area contributed by atoms with Crippen LogP contribution in [0.1, 0.15) is 46.6 Å². The van der Waals surface area contributed by atoms with Crippen molar-refractivity contribution in [3.8, 4) is 5.75 Å². The maximum atomic E-state index is 14.1. The molecule has 16 heteroatoms. The van der Waals surface area contributed by atoms with E-state index >= 15 is 0 Å². The molecule has 48 heavy (non-hydrogen) atoms. The molecule has 6 rings (SSSR count). The molecule has 3 aromatic heterocycles. The number of alkyl halides is 3.